The van der Waals surface area contributed by atoms with Crippen LogP contribution < -0.4 is 0 Å². The first-order valence-electron chi connectivity index (χ1n) is 12.5. The quantitative estimate of drug-likeness (QED) is 0.176. The molecule has 0 N–H and O–H groups in total. The van der Waals surface area contributed by atoms with E-state index < -0.39 is 29.1 Å². The van der Waals surface area contributed by atoms with Gasteiger partial charge in [-0.15, -0.1) is 0 Å². The summed E-state index contributed by atoms with van der Waals surface area (Å²) in [5.74, 6) is -1.36. The highest BCUT2D eigenvalue weighted by atomic mass is 19.4. The number of benzene rings is 3. The van der Waals surface area contributed by atoms with Gasteiger partial charge in [0, 0.05) is 17.7 Å². The van der Waals surface area contributed by atoms with Gasteiger partial charge in [-0.25, -0.2) is 4.39 Å². The van der Waals surface area contributed by atoms with E-state index in [0.717, 1.165) is 6.07 Å². The smallest absolute Gasteiger partial charge is 0.417 e. The molecule has 4 aromatic rings. The zero-order valence-electron chi connectivity index (χ0n) is 22.8. The van der Waals surface area contributed by atoms with Gasteiger partial charge in [0.05, 0.1) is 17.7 Å². The molecule has 6 nitrogen and oxygen atoms in total. The summed E-state index contributed by atoms with van der Waals surface area (Å²) < 4.78 is 68.1. The van der Waals surface area contributed by atoms with Crippen LogP contribution in [0.15, 0.2) is 65.2 Å². The van der Waals surface area contributed by atoms with Crippen molar-refractivity contribution >= 4 is 5.97 Å². The fourth-order valence-corrected chi connectivity index (χ4v) is 4.29. The predicted octanol–water partition coefficient (Wildman–Crippen LogP) is 7.31. The van der Waals surface area contributed by atoms with E-state index in [-0.39, 0.29) is 47.1 Å². The fraction of sp³-hybridized carbons (Fsp3) is 0.300. The van der Waals surface area contributed by atoms with Gasteiger partial charge in [0.1, 0.15) is 11.4 Å². The highest BCUT2D eigenvalue weighted by Crippen LogP contribution is 2.40. The number of hydrogen-bond donors (Lipinski definition) is 0. The van der Waals surface area contributed by atoms with Gasteiger partial charge < -0.3 is 9.26 Å². The van der Waals surface area contributed by atoms with Crippen LogP contribution in [-0.2, 0) is 22.3 Å². The van der Waals surface area contributed by atoms with Crippen LogP contribution in [0.4, 0.5) is 17.6 Å². The maximum Gasteiger partial charge on any atom is 0.417 e. The van der Waals surface area contributed by atoms with Crippen molar-refractivity contribution in [2.24, 2.45) is 0 Å². The lowest BCUT2D eigenvalue weighted by Gasteiger charge is -2.22. The van der Waals surface area contributed by atoms with Crippen LogP contribution in [0.5, 0.6) is 0 Å². The number of ether oxygens (including phenoxy) is 1. The normalized spacial score (nSPS) is 12.2. The van der Waals surface area contributed by atoms with Crippen LogP contribution in [0.3, 0.4) is 0 Å². The van der Waals surface area contributed by atoms with Gasteiger partial charge in [-0.3, -0.25) is 9.69 Å². The van der Waals surface area contributed by atoms with Crippen LogP contribution in [0.1, 0.15) is 37.5 Å². The summed E-state index contributed by atoms with van der Waals surface area (Å²) in [6, 6.07) is 15.2. The Balaban J connectivity index is 1.61. The molecule has 0 saturated carbocycles. The number of nitrogens with zero attached hydrogens (tertiary/aromatic N) is 3. The molecular formula is C30H29F4N3O3. The zero-order valence-corrected chi connectivity index (χ0v) is 22.8. The molecule has 0 aliphatic rings. The Morgan fingerprint density at radius 1 is 0.975 bits per heavy atom. The maximum atomic E-state index is 15.4. The Hall–Kier alpha value is -4.05. The summed E-state index contributed by atoms with van der Waals surface area (Å²) in [5.41, 5.74) is 0.0560. The molecule has 1 heterocycles. The van der Waals surface area contributed by atoms with Gasteiger partial charge in [0.25, 0.3) is 5.89 Å². The van der Waals surface area contributed by atoms with Gasteiger partial charge >= 0.3 is 12.1 Å². The van der Waals surface area contributed by atoms with Crippen LogP contribution in [0, 0.1) is 12.7 Å². The van der Waals surface area contributed by atoms with Crippen molar-refractivity contribution in [2.75, 3.05) is 13.6 Å². The molecule has 0 aliphatic carbocycles. The second-order valence-electron chi connectivity index (χ2n) is 10.5. The summed E-state index contributed by atoms with van der Waals surface area (Å²) in [4.78, 5) is 17.9. The van der Waals surface area contributed by atoms with Crippen LogP contribution in [0.2, 0.25) is 0 Å². The molecule has 40 heavy (non-hydrogen) atoms. The number of alkyl halides is 3. The van der Waals surface area contributed by atoms with Crippen molar-refractivity contribution in [1.29, 1.82) is 0 Å². The van der Waals surface area contributed by atoms with E-state index in [4.69, 9.17) is 9.26 Å². The zero-order chi connectivity index (χ0) is 29.2. The molecule has 0 unspecified atom stereocenters. The van der Waals surface area contributed by atoms with Crippen molar-refractivity contribution in [3.8, 4) is 34.0 Å². The summed E-state index contributed by atoms with van der Waals surface area (Å²) in [6.07, 6.45) is -4.64. The minimum Gasteiger partial charge on any atom is -0.459 e. The number of aromatic nitrogens is 2. The van der Waals surface area contributed by atoms with Gasteiger partial charge in [-0.05, 0) is 69.6 Å². The van der Waals surface area contributed by atoms with Crippen LogP contribution >= 0.6 is 0 Å². The maximum absolute atomic E-state index is 15.4. The fourth-order valence-electron chi connectivity index (χ4n) is 4.29. The Labute approximate surface area is 229 Å². The summed E-state index contributed by atoms with van der Waals surface area (Å²) in [6.45, 7) is 7.07. The number of carbonyl (C=O) groups excluding carboxylic acids is 1. The molecule has 0 fully saturated rings. The van der Waals surface area contributed by atoms with Crippen LogP contribution in [-0.4, -0.2) is 40.2 Å². The summed E-state index contributed by atoms with van der Waals surface area (Å²) in [5, 5.41) is 3.82. The number of esters is 1. The molecule has 0 bridgehead atoms. The second-order valence-corrected chi connectivity index (χ2v) is 10.5. The number of hydrogen-bond acceptors (Lipinski definition) is 6. The second kappa shape index (κ2) is 11.2. The molecule has 0 saturated heterocycles. The van der Waals surface area contributed by atoms with Gasteiger partial charge in [0.15, 0.2) is 0 Å². The third-order valence-corrected chi connectivity index (χ3v) is 6.01. The minimum atomic E-state index is -4.64. The first-order valence-corrected chi connectivity index (χ1v) is 12.5. The first kappa shape index (κ1) is 28.9. The minimum absolute atomic E-state index is 0.0192. The van der Waals surface area contributed by atoms with E-state index in [1.54, 1.807) is 76.0 Å². The molecule has 0 atom stereocenters. The molecule has 10 heteroatoms. The number of likely N-dealkylation sites (N-methyl/N-ethyl adjacent to an activating group) is 1. The van der Waals surface area contributed by atoms with E-state index in [2.05, 4.69) is 10.1 Å². The average molecular weight is 556 g/mol. The lowest BCUT2D eigenvalue weighted by molar-refractivity contribution is -0.155. The van der Waals surface area contributed by atoms with Crippen molar-refractivity contribution < 1.29 is 31.6 Å². The predicted molar refractivity (Wildman–Crippen MR) is 142 cm³/mol. The summed E-state index contributed by atoms with van der Waals surface area (Å²) >= 11 is 0. The molecule has 0 aliphatic heterocycles. The molecule has 3 aromatic carbocycles. The number of halogens is 4. The number of rotatable bonds is 7. The van der Waals surface area contributed by atoms with Gasteiger partial charge in [-0.2, -0.15) is 18.2 Å². The highest BCUT2D eigenvalue weighted by molar-refractivity contribution is 5.75. The third kappa shape index (κ3) is 6.74. The van der Waals surface area contributed by atoms with Crippen molar-refractivity contribution in [3.63, 3.8) is 0 Å². The molecule has 4 rings (SSSR count). The van der Waals surface area contributed by atoms with E-state index in [9.17, 15) is 18.0 Å². The van der Waals surface area contributed by atoms with E-state index >= 15 is 4.39 Å². The van der Waals surface area contributed by atoms with Gasteiger partial charge in [0.2, 0.25) is 5.82 Å². The highest BCUT2D eigenvalue weighted by Gasteiger charge is 2.35. The summed E-state index contributed by atoms with van der Waals surface area (Å²) in [7, 11) is 1.65. The van der Waals surface area contributed by atoms with E-state index in [1.165, 1.54) is 18.2 Å². The molecule has 0 spiro atoms. The molecule has 0 amide bonds. The Kier molecular flexibility index (Phi) is 8.11. The molecular weight excluding hydrogens is 526 g/mol. The largest absolute Gasteiger partial charge is 0.459 e. The Morgan fingerprint density at radius 3 is 2.35 bits per heavy atom. The molecule has 210 valence electrons. The van der Waals surface area contributed by atoms with E-state index in [1.807, 2.05) is 0 Å². The van der Waals surface area contributed by atoms with Gasteiger partial charge in [-0.1, -0.05) is 47.6 Å². The van der Waals surface area contributed by atoms with Crippen molar-refractivity contribution in [2.45, 2.75) is 46.0 Å². The Bertz CT molecular complexity index is 1520. The van der Waals surface area contributed by atoms with Crippen molar-refractivity contribution in [1.82, 2.24) is 15.0 Å². The topological polar surface area (TPSA) is 68.5 Å². The SMILES string of the molecule is Cc1ccccc1-c1ccc(-c2nc(-c3cccc(CN(C)CC(=O)OC(C)(C)C)c3F)no2)cc1C(F)(F)F. The average Bonchev–Trinajstić information content (AvgIpc) is 3.33. The number of carbonyl (C=O) groups is 1. The third-order valence-electron chi connectivity index (χ3n) is 6.01. The lowest BCUT2D eigenvalue weighted by Crippen LogP contribution is -2.32. The number of aryl methyl sites for hydroxylation is 1. The first-order chi connectivity index (χ1) is 18.7. The molecule has 1 aromatic heterocycles. The van der Waals surface area contributed by atoms with Crippen molar-refractivity contribution in [3.05, 3.63) is 83.2 Å². The van der Waals surface area contributed by atoms with E-state index in [0.29, 0.717) is 11.1 Å². The molecule has 0 radical (unpaired) electrons. The monoisotopic (exact) mass is 555 g/mol. The van der Waals surface area contributed by atoms with Crippen LogP contribution in [0.25, 0.3) is 34.0 Å². The lowest BCUT2D eigenvalue weighted by atomic mass is 9.94. The standard InChI is InChI=1S/C30H29F4N3O3/c1-18-9-6-7-11-21(18)22-14-13-19(15-24(22)30(32,33)34)28-35-27(36-40-28)23-12-8-10-20(26(23)31)16-37(5)17-25(38)39-29(2,3)4/h6-15H,16-17H2,1-5H3. The Morgan fingerprint density at radius 2 is 1.68 bits per heavy atom.